The molecular weight excluding hydrogens is 617 g/mol. The molecule has 0 amide bonds. The molecule has 0 saturated carbocycles. The van der Waals surface area contributed by atoms with E-state index in [9.17, 15) is 24.1 Å². The molecule has 2 aliphatic rings. The van der Waals surface area contributed by atoms with Crippen molar-refractivity contribution in [3.63, 3.8) is 0 Å². The molecule has 0 aliphatic carbocycles. The molecular formula is C29H39F2N4O9P. The number of ketones is 1. The van der Waals surface area contributed by atoms with Crippen LogP contribution < -0.4 is 15.3 Å². The lowest BCUT2D eigenvalue weighted by atomic mass is 9.92. The summed E-state index contributed by atoms with van der Waals surface area (Å²) in [5, 5.41) is 12.9. The van der Waals surface area contributed by atoms with Gasteiger partial charge in [-0.2, -0.15) is 18.9 Å². The Hall–Kier alpha value is -3.07. The fourth-order valence-electron chi connectivity index (χ4n) is 5.09. The Bertz CT molecular complexity index is 1440. The van der Waals surface area contributed by atoms with Crippen molar-refractivity contribution in [3.05, 3.63) is 58.8 Å². The number of aliphatic hydroxyl groups excluding tert-OH is 1. The molecule has 16 heteroatoms. The van der Waals surface area contributed by atoms with Crippen LogP contribution >= 0.6 is 7.75 Å². The van der Waals surface area contributed by atoms with E-state index >= 15 is 8.78 Å². The number of benzene rings is 1. The van der Waals surface area contributed by atoms with Crippen LogP contribution in [-0.2, 0) is 34.6 Å². The molecule has 13 nitrogen and oxygen atoms in total. The number of hydrogen-bond donors (Lipinski definition) is 2. The number of esters is 1. The van der Waals surface area contributed by atoms with Crippen LogP contribution in [0.15, 0.2) is 47.4 Å². The molecule has 2 fully saturated rings. The van der Waals surface area contributed by atoms with Crippen molar-refractivity contribution >= 4 is 19.5 Å². The number of rotatable bonds is 13. The van der Waals surface area contributed by atoms with Crippen molar-refractivity contribution in [2.45, 2.75) is 76.5 Å². The minimum atomic E-state index is -4.46. The molecule has 4 rings (SSSR count). The zero-order valence-corrected chi connectivity index (χ0v) is 26.4. The molecule has 2 saturated heterocycles. The number of carbonyl (C=O) groups is 2. The summed E-state index contributed by atoms with van der Waals surface area (Å²) in [6, 6.07) is 7.87. The van der Waals surface area contributed by atoms with Gasteiger partial charge in [0.05, 0.1) is 18.4 Å². The molecule has 1 aromatic carbocycles. The van der Waals surface area contributed by atoms with Gasteiger partial charge in [-0.05, 0) is 65.4 Å². The van der Waals surface area contributed by atoms with E-state index in [1.807, 2.05) is 11.9 Å². The Kier molecular flexibility index (Phi) is 11.3. The van der Waals surface area contributed by atoms with E-state index in [2.05, 4.69) is 10.1 Å². The predicted molar refractivity (Wildman–Crippen MR) is 157 cm³/mol. The van der Waals surface area contributed by atoms with Crippen LogP contribution in [0.2, 0.25) is 0 Å². The molecule has 45 heavy (non-hydrogen) atoms. The summed E-state index contributed by atoms with van der Waals surface area (Å²) >= 11 is 0. The maximum Gasteiger partial charge on any atom is 0.459 e. The predicted octanol–water partition coefficient (Wildman–Crippen LogP) is 2.72. The average Bonchev–Trinajstić information content (AvgIpc) is 3.19. The fraction of sp³-hybridized carbons (Fsp3) is 0.586. The number of aliphatic hydroxyl groups is 1. The monoisotopic (exact) mass is 656 g/mol. The second kappa shape index (κ2) is 14.6. The Labute approximate surface area is 259 Å². The third-order valence-electron chi connectivity index (χ3n) is 7.39. The van der Waals surface area contributed by atoms with Crippen molar-refractivity contribution in [2.24, 2.45) is 5.92 Å². The van der Waals surface area contributed by atoms with Gasteiger partial charge in [-0.3, -0.25) is 18.7 Å². The number of aromatic nitrogens is 2. The largest absolute Gasteiger partial charge is 0.462 e. The van der Waals surface area contributed by atoms with Gasteiger partial charge in [-0.25, -0.2) is 9.36 Å². The van der Waals surface area contributed by atoms with E-state index in [0.717, 1.165) is 25.6 Å². The summed E-state index contributed by atoms with van der Waals surface area (Å²) in [7, 11) is -2.54. The van der Waals surface area contributed by atoms with E-state index < -0.39 is 62.5 Å². The average molecular weight is 657 g/mol. The highest BCUT2D eigenvalue weighted by atomic mass is 31.2. The van der Waals surface area contributed by atoms with Crippen LogP contribution in [0, 0.1) is 5.92 Å². The van der Waals surface area contributed by atoms with Crippen LogP contribution in [0.1, 0.15) is 45.5 Å². The highest BCUT2D eigenvalue weighted by Gasteiger charge is 2.60. The summed E-state index contributed by atoms with van der Waals surface area (Å²) in [5.41, 5.74) is -0.969. The Morgan fingerprint density at radius 2 is 1.93 bits per heavy atom. The van der Waals surface area contributed by atoms with Crippen molar-refractivity contribution in [1.29, 1.82) is 0 Å². The quantitative estimate of drug-likeness (QED) is 0.240. The molecule has 1 aromatic heterocycles. The number of carbonyl (C=O) groups excluding carboxylic acids is 2. The summed E-state index contributed by atoms with van der Waals surface area (Å²) in [6.07, 6.45) is -4.49. The van der Waals surface area contributed by atoms with Gasteiger partial charge in [0.15, 0.2) is 6.10 Å². The number of Topliss-reactive ketones (excluding diaryl/α,β-unsaturated/α-hetero) is 1. The first kappa shape index (κ1) is 34.8. The molecule has 0 spiro atoms. The van der Waals surface area contributed by atoms with Gasteiger partial charge < -0.3 is 24.0 Å². The number of nitrogens with zero attached hydrogens (tertiary/aromatic N) is 3. The van der Waals surface area contributed by atoms with Gasteiger partial charge in [0.1, 0.15) is 23.7 Å². The Morgan fingerprint density at radius 3 is 2.58 bits per heavy atom. The second-order valence-electron chi connectivity index (χ2n) is 11.5. The normalized spacial score (nSPS) is 25.4. The number of para-hydroxylation sites is 1. The maximum atomic E-state index is 15.3. The number of likely N-dealkylation sites (tertiary alicyclic amines) is 1. The van der Waals surface area contributed by atoms with Crippen molar-refractivity contribution < 1.29 is 46.6 Å². The van der Waals surface area contributed by atoms with Crippen molar-refractivity contribution in [1.82, 2.24) is 19.5 Å². The number of nitrogens with one attached hydrogen (secondary N) is 1. The van der Waals surface area contributed by atoms with Crippen LogP contribution in [0.4, 0.5) is 8.78 Å². The number of alkyl halides is 2. The summed E-state index contributed by atoms with van der Waals surface area (Å²) < 4.78 is 66.1. The first-order valence-electron chi connectivity index (χ1n) is 14.7. The van der Waals surface area contributed by atoms with Crippen molar-refractivity contribution in [3.8, 4) is 5.75 Å². The maximum absolute atomic E-state index is 15.3. The number of ether oxygens (including phenoxy) is 2. The van der Waals surface area contributed by atoms with E-state index in [1.54, 1.807) is 32.0 Å². The smallest absolute Gasteiger partial charge is 0.459 e. The van der Waals surface area contributed by atoms with Gasteiger partial charge in [-0.15, -0.1) is 0 Å². The molecule has 0 radical (unpaired) electrons. The van der Waals surface area contributed by atoms with Gasteiger partial charge in [0.2, 0.25) is 6.23 Å². The van der Waals surface area contributed by atoms with Gasteiger partial charge in [0, 0.05) is 25.1 Å². The zero-order chi connectivity index (χ0) is 32.9. The second-order valence-corrected chi connectivity index (χ2v) is 13.2. The standard InChI is InChI=1S/C29H39F2N4O9P/c1-18(2)42-26(38)19(3)33-45(40,44-22-10-6-5-7-11-22)41-17-24-25(37)29(30,31)27(43-24)35-14-12-21(32-28(35)39)15-23(36)20-9-8-13-34(4)16-20/h5-7,10-12,14,18-20,24-25,27,37H,8-9,13,15-17H2,1-4H3,(H,33,40)/t19-,20?,24+,25+,27+,45?/m0/s1. The molecule has 2 N–H and O–H groups in total. The first-order chi connectivity index (χ1) is 21.2. The van der Waals surface area contributed by atoms with Gasteiger partial charge >= 0.3 is 25.3 Å². The first-order valence-corrected chi connectivity index (χ1v) is 16.2. The molecule has 248 valence electrons. The number of piperidine rings is 1. The minimum absolute atomic E-state index is 0.0839. The van der Waals surface area contributed by atoms with E-state index in [0.29, 0.717) is 11.1 Å². The number of halogens is 2. The summed E-state index contributed by atoms with van der Waals surface area (Å²) in [6.45, 7) is 5.22. The zero-order valence-electron chi connectivity index (χ0n) is 25.5. The lowest BCUT2D eigenvalue weighted by Crippen LogP contribution is -2.42. The summed E-state index contributed by atoms with van der Waals surface area (Å²) in [4.78, 5) is 43.8. The van der Waals surface area contributed by atoms with E-state index in [-0.39, 0.29) is 29.6 Å². The lowest BCUT2D eigenvalue weighted by Gasteiger charge is -2.28. The third kappa shape index (κ3) is 8.81. The summed E-state index contributed by atoms with van der Waals surface area (Å²) in [5.74, 6) is -4.97. The van der Waals surface area contributed by atoms with Gasteiger partial charge in [-0.1, -0.05) is 18.2 Å². The van der Waals surface area contributed by atoms with Gasteiger partial charge in [0.25, 0.3) is 0 Å². The molecule has 0 bridgehead atoms. The van der Waals surface area contributed by atoms with Crippen LogP contribution in [0.25, 0.3) is 0 Å². The van der Waals surface area contributed by atoms with Crippen LogP contribution in [-0.4, -0.2) is 88.3 Å². The molecule has 2 aromatic rings. The SMILES string of the molecule is CC(C)OC(=O)[C@H](C)NP(=O)(OC[C@H]1O[C@@H](n2ccc(CC(=O)C3CCCN(C)C3)nc2=O)C(F)(F)[C@@H]1O)Oc1ccccc1. The third-order valence-corrected chi connectivity index (χ3v) is 9.03. The lowest BCUT2D eigenvalue weighted by molar-refractivity contribution is -0.149. The molecule has 3 heterocycles. The Morgan fingerprint density at radius 1 is 1.22 bits per heavy atom. The van der Waals surface area contributed by atoms with E-state index in [1.165, 1.54) is 25.1 Å². The van der Waals surface area contributed by atoms with Crippen LogP contribution in [0.5, 0.6) is 5.75 Å². The number of hydrogen-bond acceptors (Lipinski definition) is 11. The molecule has 2 aliphatic heterocycles. The molecule has 2 unspecified atom stereocenters. The minimum Gasteiger partial charge on any atom is -0.462 e. The van der Waals surface area contributed by atoms with Crippen molar-refractivity contribution in [2.75, 3.05) is 26.7 Å². The van der Waals surface area contributed by atoms with Crippen LogP contribution in [0.3, 0.4) is 0 Å². The highest BCUT2D eigenvalue weighted by molar-refractivity contribution is 7.52. The fourth-order valence-corrected chi connectivity index (χ4v) is 6.59. The Balaban J connectivity index is 1.46. The molecule has 6 atom stereocenters. The van der Waals surface area contributed by atoms with E-state index in [4.69, 9.17) is 18.5 Å². The topological polar surface area (TPSA) is 159 Å². The highest BCUT2D eigenvalue weighted by Crippen LogP contribution is 2.48.